The van der Waals surface area contributed by atoms with Gasteiger partial charge < -0.3 is 5.73 Å². The fourth-order valence-electron chi connectivity index (χ4n) is 0.906. The lowest BCUT2D eigenvalue weighted by Crippen LogP contribution is -2.09. The van der Waals surface area contributed by atoms with Crippen molar-refractivity contribution in [3.05, 3.63) is 39.9 Å². The summed E-state index contributed by atoms with van der Waals surface area (Å²) in [5, 5.41) is 8.75. The highest BCUT2D eigenvalue weighted by Crippen LogP contribution is 2.18. The van der Waals surface area contributed by atoms with Gasteiger partial charge in [0, 0.05) is 4.47 Å². The third-order valence-electron chi connectivity index (χ3n) is 1.59. The van der Waals surface area contributed by atoms with E-state index in [1.807, 2.05) is 30.3 Å². The van der Waals surface area contributed by atoms with Gasteiger partial charge in [-0.2, -0.15) is 5.26 Å². The van der Waals surface area contributed by atoms with Crippen LogP contribution in [0.3, 0.4) is 0 Å². The molecule has 2 N–H and O–H groups in total. The van der Waals surface area contributed by atoms with Crippen molar-refractivity contribution in [3.8, 4) is 6.07 Å². The summed E-state index contributed by atoms with van der Waals surface area (Å²) in [5.41, 5.74) is 6.57. The Kier molecular flexibility index (Phi) is 3.81. The zero-order valence-corrected chi connectivity index (χ0v) is 9.60. The van der Waals surface area contributed by atoms with Crippen LogP contribution >= 0.6 is 28.1 Å². The Labute approximate surface area is 96.2 Å². The molecule has 0 amide bonds. The van der Waals surface area contributed by atoms with Gasteiger partial charge in [-0.15, -0.1) is 0 Å². The molecule has 0 aliphatic heterocycles. The van der Waals surface area contributed by atoms with Gasteiger partial charge in [0.2, 0.25) is 0 Å². The SMILES string of the molecule is N#C/C(=C\c1ccccc1Br)C(N)=S. The van der Waals surface area contributed by atoms with E-state index in [1.165, 1.54) is 0 Å². The Morgan fingerprint density at radius 1 is 1.50 bits per heavy atom. The average Bonchev–Trinajstić information content (AvgIpc) is 2.16. The Balaban J connectivity index is 3.15. The van der Waals surface area contributed by atoms with Crippen LogP contribution in [0.4, 0.5) is 0 Å². The van der Waals surface area contributed by atoms with Gasteiger partial charge in [-0.05, 0) is 17.7 Å². The number of nitrogens with two attached hydrogens (primary N) is 1. The fourth-order valence-corrected chi connectivity index (χ4v) is 1.41. The zero-order chi connectivity index (χ0) is 10.6. The molecule has 0 spiro atoms. The van der Waals surface area contributed by atoms with E-state index in [0.717, 1.165) is 10.0 Å². The first-order valence-electron chi connectivity index (χ1n) is 3.81. The van der Waals surface area contributed by atoms with E-state index >= 15 is 0 Å². The molecule has 0 heterocycles. The summed E-state index contributed by atoms with van der Waals surface area (Å²) < 4.78 is 0.906. The van der Waals surface area contributed by atoms with E-state index in [0.29, 0.717) is 5.57 Å². The number of hydrogen-bond acceptors (Lipinski definition) is 2. The van der Waals surface area contributed by atoms with E-state index < -0.39 is 0 Å². The Hall–Kier alpha value is -1.18. The van der Waals surface area contributed by atoms with Crippen LogP contribution in [0.5, 0.6) is 0 Å². The van der Waals surface area contributed by atoms with E-state index in [1.54, 1.807) is 6.08 Å². The van der Waals surface area contributed by atoms with Gasteiger partial charge in [0.15, 0.2) is 0 Å². The first-order chi connectivity index (χ1) is 6.65. The maximum absolute atomic E-state index is 8.75. The molecule has 2 nitrogen and oxygen atoms in total. The highest BCUT2D eigenvalue weighted by atomic mass is 79.9. The number of nitrogens with zero attached hydrogens (tertiary/aromatic N) is 1. The lowest BCUT2D eigenvalue weighted by molar-refractivity contribution is 1.51. The van der Waals surface area contributed by atoms with Crippen molar-refractivity contribution in [3.63, 3.8) is 0 Å². The summed E-state index contributed by atoms with van der Waals surface area (Å²) in [4.78, 5) is 0.114. The third-order valence-corrected chi connectivity index (χ3v) is 2.53. The minimum atomic E-state index is 0.114. The molecule has 70 valence electrons. The Morgan fingerprint density at radius 2 is 2.14 bits per heavy atom. The maximum atomic E-state index is 8.75. The smallest absolute Gasteiger partial charge is 0.114 e. The van der Waals surface area contributed by atoms with E-state index in [4.69, 9.17) is 23.2 Å². The first kappa shape index (κ1) is 10.9. The molecule has 0 aliphatic carbocycles. The van der Waals surface area contributed by atoms with Crippen molar-refractivity contribution in [2.24, 2.45) is 5.73 Å². The topological polar surface area (TPSA) is 49.8 Å². The molecule has 1 rings (SSSR count). The molecule has 0 unspecified atom stereocenters. The van der Waals surface area contributed by atoms with Crippen molar-refractivity contribution < 1.29 is 0 Å². The Morgan fingerprint density at radius 3 is 2.64 bits per heavy atom. The van der Waals surface area contributed by atoms with Gasteiger partial charge >= 0.3 is 0 Å². The monoisotopic (exact) mass is 266 g/mol. The van der Waals surface area contributed by atoms with Crippen LogP contribution in [0.1, 0.15) is 5.56 Å². The molecular weight excluding hydrogens is 260 g/mol. The molecule has 1 aromatic carbocycles. The zero-order valence-electron chi connectivity index (χ0n) is 7.20. The molecule has 14 heavy (non-hydrogen) atoms. The van der Waals surface area contributed by atoms with Crippen molar-refractivity contribution >= 4 is 39.2 Å². The summed E-state index contributed by atoms with van der Waals surface area (Å²) in [7, 11) is 0. The summed E-state index contributed by atoms with van der Waals surface area (Å²) in [5.74, 6) is 0. The Bertz CT molecular complexity index is 432. The minimum Gasteiger partial charge on any atom is -0.389 e. The predicted molar refractivity (Wildman–Crippen MR) is 64.5 cm³/mol. The normalized spacial score (nSPS) is 10.7. The van der Waals surface area contributed by atoms with E-state index in [-0.39, 0.29) is 4.99 Å². The van der Waals surface area contributed by atoms with Gasteiger partial charge in [-0.3, -0.25) is 0 Å². The second kappa shape index (κ2) is 4.89. The van der Waals surface area contributed by atoms with E-state index in [9.17, 15) is 0 Å². The van der Waals surface area contributed by atoms with Gasteiger partial charge in [-0.1, -0.05) is 46.3 Å². The van der Waals surface area contributed by atoms with Crippen LogP contribution in [0.2, 0.25) is 0 Å². The largest absolute Gasteiger partial charge is 0.389 e. The van der Waals surface area contributed by atoms with Gasteiger partial charge in [-0.25, -0.2) is 0 Å². The van der Waals surface area contributed by atoms with Crippen LogP contribution in [-0.4, -0.2) is 4.99 Å². The third kappa shape index (κ3) is 2.66. The molecule has 0 aliphatic rings. The summed E-state index contributed by atoms with van der Waals surface area (Å²) in [6.07, 6.45) is 1.66. The average molecular weight is 267 g/mol. The summed E-state index contributed by atoms with van der Waals surface area (Å²) >= 11 is 8.10. The minimum absolute atomic E-state index is 0.114. The molecule has 4 heteroatoms. The van der Waals surface area contributed by atoms with Gasteiger partial charge in [0.1, 0.15) is 11.1 Å². The second-order valence-electron chi connectivity index (χ2n) is 2.56. The van der Waals surface area contributed by atoms with Crippen LogP contribution < -0.4 is 5.73 Å². The lowest BCUT2D eigenvalue weighted by Gasteiger charge is -1.98. The molecule has 0 saturated carbocycles. The maximum Gasteiger partial charge on any atom is 0.114 e. The fraction of sp³-hybridized carbons (Fsp3) is 0. The van der Waals surface area contributed by atoms with Crippen molar-refractivity contribution in [1.29, 1.82) is 5.26 Å². The molecule has 0 aromatic heterocycles. The number of halogens is 1. The highest BCUT2D eigenvalue weighted by molar-refractivity contribution is 9.10. The summed E-state index contributed by atoms with van der Waals surface area (Å²) in [6.45, 7) is 0. The molecule has 0 fully saturated rings. The molecule has 0 saturated heterocycles. The van der Waals surface area contributed by atoms with Crippen molar-refractivity contribution in [1.82, 2.24) is 0 Å². The van der Waals surface area contributed by atoms with Crippen molar-refractivity contribution in [2.45, 2.75) is 0 Å². The number of nitriles is 1. The van der Waals surface area contributed by atoms with Gasteiger partial charge in [0.05, 0.1) is 5.57 Å². The highest BCUT2D eigenvalue weighted by Gasteiger charge is 2.01. The molecule has 1 aromatic rings. The van der Waals surface area contributed by atoms with Crippen LogP contribution in [0.25, 0.3) is 6.08 Å². The quantitative estimate of drug-likeness (QED) is 0.509. The lowest BCUT2D eigenvalue weighted by atomic mass is 10.1. The molecular formula is C10H7BrN2S. The molecule has 0 bridgehead atoms. The van der Waals surface area contributed by atoms with Gasteiger partial charge in [0.25, 0.3) is 0 Å². The number of rotatable bonds is 2. The van der Waals surface area contributed by atoms with Crippen LogP contribution in [0, 0.1) is 11.3 Å². The molecule has 0 atom stereocenters. The number of benzene rings is 1. The predicted octanol–water partition coefficient (Wildman–Crippen LogP) is 2.64. The molecule has 0 radical (unpaired) electrons. The summed E-state index contributed by atoms with van der Waals surface area (Å²) in [6, 6.07) is 9.49. The second-order valence-corrected chi connectivity index (χ2v) is 3.85. The van der Waals surface area contributed by atoms with Crippen LogP contribution in [-0.2, 0) is 0 Å². The van der Waals surface area contributed by atoms with E-state index in [2.05, 4.69) is 15.9 Å². The first-order valence-corrected chi connectivity index (χ1v) is 5.01. The number of thiocarbonyl (C=S) groups is 1. The van der Waals surface area contributed by atoms with Crippen LogP contribution in [0.15, 0.2) is 34.3 Å². The standard InChI is InChI=1S/C10H7BrN2S/c11-9-4-2-1-3-7(9)5-8(6-12)10(13)14/h1-5H,(H2,13,14)/b8-5+. The van der Waals surface area contributed by atoms with Crippen molar-refractivity contribution in [2.75, 3.05) is 0 Å². The number of hydrogen-bond donors (Lipinski definition) is 1.